The zero-order valence-electron chi connectivity index (χ0n) is 12.0. The fourth-order valence-corrected chi connectivity index (χ4v) is 3.45. The van der Waals surface area contributed by atoms with E-state index in [0.717, 1.165) is 18.7 Å². The minimum absolute atomic E-state index is 0.105. The van der Waals surface area contributed by atoms with Gasteiger partial charge >= 0.3 is 0 Å². The Bertz CT molecular complexity index is 666. The predicted octanol–water partition coefficient (Wildman–Crippen LogP) is 1.24. The highest BCUT2D eigenvalue weighted by Gasteiger charge is 2.26. The molecule has 0 aromatic heterocycles. The maximum atomic E-state index is 11.7. The van der Waals surface area contributed by atoms with Gasteiger partial charge < -0.3 is 10.2 Å². The highest BCUT2D eigenvalue weighted by molar-refractivity contribution is 7.90. The summed E-state index contributed by atoms with van der Waals surface area (Å²) in [6.07, 6.45) is 0.726. The average molecular weight is 366 g/mol. The van der Waals surface area contributed by atoms with Gasteiger partial charge in [0.15, 0.2) is 0 Å². The van der Waals surface area contributed by atoms with Crippen LogP contribution in [0, 0.1) is 0 Å². The van der Waals surface area contributed by atoms with Gasteiger partial charge in [-0.3, -0.25) is 4.79 Å². The van der Waals surface area contributed by atoms with Gasteiger partial charge in [0.25, 0.3) is 0 Å². The minimum atomic E-state index is -3.55. The number of nitrogens with one attached hydrogen (secondary N) is 2. The SMILES string of the molecule is CNS(=O)(=O)CC(=O)N[C@@H]1CCN(c2ccc(Cl)cc2Cl)C1. The summed E-state index contributed by atoms with van der Waals surface area (Å²) in [5.41, 5.74) is 0.852. The Morgan fingerprint density at radius 2 is 2.14 bits per heavy atom. The first-order valence-corrected chi connectivity index (χ1v) is 9.12. The number of benzene rings is 1. The maximum absolute atomic E-state index is 11.7. The van der Waals surface area contributed by atoms with Gasteiger partial charge in [-0.2, -0.15) is 0 Å². The molecule has 0 aliphatic carbocycles. The number of sulfonamides is 1. The average Bonchev–Trinajstić information content (AvgIpc) is 2.86. The lowest BCUT2D eigenvalue weighted by Gasteiger charge is -2.20. The van der Waals surface area contributed by atoms with E-state index in [1.54, 1.807) is 12.1 Å². The highest BCUT2D eigenvalue weighted by Crippen LogP contribution is 2.31. The lowest BCUT2D eigenvalue weighted by molar-refractivity contribution is -0.119. The summed E-state index contributed by atoms with van der Waals surface area (Å²) in [6.45, 7) is 1.30. The topological polar surface area (TPSA) is 78.5 Å². The van der Waals surface area contributed by atoms with Crippen LogP contribution in [0.3, 0.4) is 0 Å². The van der Waals surface area contributed by atoms with Crippen LogP contribution < -0.4 is 14.9 Å². The molecule has 0 radical (unpaired) electrons. The molecule has 0 spiro atoms. The highest BCUT2D eigenvalue weighted by atomic mass is 35.5. The lowest BCUT2D eigenvalue weighted by Crippen LogP contribution is -2.41. The number of carbonyl (C=O) groups is 1. The standard InChI is InChI=1S/C13H17Cl2N3O3S/c1-16-22(20,21)8-13(19)17-10-4-5-18(7-10)12-3-2-9(14)6-11(12)15/h2-3,6,10,16H,4-5,7-8H2,1H3,(H,17,19)/t10-/m1/s1. The molecular formula is C13H17Cl2N3O3S. The van der Waals surface area contributed by atoms with Crippen LogP contribution in [-0.4, -0.2) is 46.3 Å². The van der Waals surface area contributed by atoms with Crippen LogP contribution in [-0.2, 0) is 14.8 Å². The summed E-state index contributed by atoms with van der Waals surface area (Å²) >= 11 is 12.0. The monoisotopic (exact) mass is 365 g/mol. The molecule has 1 fully saturated rings. The Kier molecular flexibility index (Phi) is 5.55. The number of hydrogen-bond acceptors (Lipinski definition) is 4. The van der Waals surface area contributed by atoms with Crippen molar-refractivity contribution in [1.29, 1.82) is 0 Å². The summed E-state index contributed by atoms with van der Waals surface area (Å²) < 4.78 is 24.8. The molecule has 1 aliphatic rings. The van der Waals surface area contributed by atoms with Gasteiger partial charge in [0.1, 0.15) is 5.75 Å². The van der Waals surface area contributed by atoms with Crippen molar-refractivity contribution in [2.75, 3.05) is 30.8 Å². The predicted molar refractivity (Wildman–Crippen MR) is 88.1 cm³/mol. The van der Waals surface area contributed by atoms with E-state index in [2.05, 4.69) is 10.0 Å². The van der Waals surface area contributed by atoms with Crippen molar-refractivity contribution in [2.45, 2.75) is 12.5 Å². The number of nitrogens with zero attached hydrogens (tertiary/aromatic N) is 1. The molecule has 1 aromatic carbocycles. The molecule has 2 N–H and O–H groups in total. The Balaban J connectivity index is 1.94. The van der Waals surface area contributed by atoms with Gasteiger partial charge in [-0.05, 0) is 31.7 Å². The minimum Gasteiger partial charge on any atom is -0.368 e. The number of halogens is 2. The van der Waals surface area contributed by atoms with Crippen LogP contribution in [0.4, 0.5) is 5.69 Å². The fraction of sp³-hybridized carbons (Fsp3) is 0.462. The zero-order chi connectivity index (χ0) is 16.3. The molecule has 122 valence electrons. The van der Waals surface area contributed by atoms with Gasteiger partial charge in [0, 0.05) is 24.2 Å². The van der Waals surface area contributed by atoms with Crippen molar-refractivity contribution in [3.05, 3.63) is 28.2 Å². The molecule has 1 aromatic rings. The second-order valence-corrected chi connectivity index (χ2v) is 7.83. The number of hydrogen-bond donors (Lipinski definition) is 2. The van der Waals surface area contributed by atoms with E-state index in [9.17, 15) is 13.2 Å². The van der Waals surface area contributed by atoms with Crippen molar-refractivity contribution in [2.24, 2.45) is 0 Å². The number of anilines is 1. The largest absolute Gasteiger partial charge is 0.368 e. The first kappa shape index (κ1) is 17.3. The molecular weight excluding hydrogens is 349 g/mol. The van der Waals surface area contributed by atoms with E-state index < -0.39 is 21.7 Å². The summed E-state index contributed by atoms with van der Waals surface area (Å²) in [5.74, 6) is -1.08. The van der Waals surface area contributed by atoms with Gasteiger partial charge in [0.2, 0.25) is 15.9 Å². The molecule has 1 atom stereocenters. The van der Waals surface area contributed by atoms with Crippen molar-refractivity contribution in [1.82, 2.24) is 10.0 Å². The molecule has 0 unspecified atom stereocenters. The van der Waals surface area contributed by atoms with Crippen LogP contribution in [0.15, 0.2) is 18.2 Å². The Labute approximate surface area is 139 Å². The van der Waals surface area contributed by atoms with Crippen LogP contribution >= 0.6 is 23.2 Å². The van der Waals surface area contributed by atoms with E-state index >= 15 is 0 Å². The molecule has 1 amide bonds. The number of amides is 1. The summed E-state index contributed by atoms with van der Waals surface area (Å²) in [7, 11) is -2.27. The molecule has 1 saturated heterocycles. The second-order valence-electron chi connectivity index (χ2n) is 5.06. The Hall–Kier alpha value is -1.02. The first-order chi connectivity index (χ1) is 10.3. The van der Waals surface area contributed by atoms with E-state index in [1.165, 1.54) is 7.05 Å². The lowest BCUT2D eigenvalue weighted by atomic mass is 10.2. The molecule has 1 heterocycles. The van der Waals surface area contributed by atoms with Crippen molar-refractivity contribution >= 4 is 44.8 Å². The molecule has 1 aliphatic heterocycles. The summed E-state index contributed by atoms with van der Waals surface area (Å²) in [5, 5.41) is 3.85. The van der Waals surface area contributed by atoms with Gasteiger partial charge in [0.05, 0.1) is 10.7 Å². The molecule has 0 saturated carbocycles. The van der Waals surface area contributed by atoms with E-state index in [1.807, 2.05) is 11.0 Å². The molecule has 22 heavy (non-hydrogen) atoms. The quantitative estimate of drug-likeness (QED) is 0.822. The molecule has 6 nitrogen and oxygen atoms in total. The first-order valence-electron chi connectivity index (χ1n) is 6.71. The third kappa shape index (κ3) is 4.49. The van der Waals surface area contributed by atoms with Crippen molar-refractivity contribution in [3.8, 4) is 0 Å². The van der Waals surface area contributed by atoms with Crippen LogP contribution in [0.1, 0.15) is 6.42 Å². The van der Waals surface area contributed by atoms with E-state index in [-0.39, 0.29) is 6.04 Å². The van der Waals surface area contributed by atoms with Gasteiger partial charge in [-0.15, -0.1) is 0 Å². The Morgan fingerprint density at radius 1 is 1.41 bits per heavy atom. The molecule has 2 rings (SSSR count). The zero-order valence-corrected chi connectivity index (χ0v) is 14.3. The van der Waals surface area contributed by atoms with Gasteiger partial charge in [-0.25, -0.2) is 13.1 Å². The molecule has 9 heteroatoms. The van der Waals surface area contributed by atoms with Crippen LogP contribution in [0.2, 0.25) is 10.0 Å². The van der Waals surface area contributed by atoms with Crippen molar-refractivity contribution < 1.29 is 13.2 Å². The van der Waals surface area contributed by atoms with Crippen LogP contribution in [0.5, 0.6) is 0 Å². The summed E-state index contributed by atoms with van der Waals surface area (Å²) in [6, 6.07) is 5.16. The fourth-order valence-electron chi connectivity index (χ4n) is 2.35. The second kappa shape index (κ2) is 7.04. The number of carbonyl (C=O) groups excluding carboxylic acids is 1. The normalized spacial score (nSPS) is 18.5. The third-order valence-electron chi connectivity index (χ3n) is 3.44. The summed E-state index contributed by atoms with van der Waals surface area (Å²) in [4.78, 5) is 13.8. The molecule has 0 bridgehead atoms. The van der Waals surface area contributed by atoms with Gasteiger partial charge in [-0.1, -0.05) is 23.2 Å². The third-order valence-corrected chi connectivity index (χ3v) is 5.24. The van der Waals surface area contributed by atoms with Crippen LogP contribution in [0.25, 0.3) is 0 Å². The Morgan fingerprint density at radius 3 is 2.77 bits per heavy atom. The maximum Gasteiger partial charge on any atom is 0.236 e. The van der Waals surface area contributed by atoms with Crippen molar-refractivity contribution in [3.63, 3.8) is 0 Å². The van der Waals surface area contributed by atoms with E-state index in [0.29, 0.717) is 16.6 Å². The number of rotatable bonds is 5. The smallest absolute Gasteiger partial charge is 0.236 e. The van der Waals surface area contributed by atoms with E-state index in [4.69, 9.17) is 23.2 Å².